The fourth-order valence-electron chi connectivity index (χ4n) is 6.64. The van der Waals surface area contributed by atoms with Crippen molar-refractivity contribution in [1.82, 2.24) is 4.72 Å². The van der Waals surface area contributed by atoms with Crippen LogP contribution in [0.15, 0.2) is 107 Å². The van der Waals surface area contributed by atoms with E-state index in [0.29, 0.717) is 52.8 Å². The van der Waals surface area contributed by atoms with Crippen molar-refractivity contribution in [2.45, 2.75) is 146 Å². The molecule has 0 aliphatic heterocycles. The molecule has 0 unspecified atom stereocenters. The number of amides is 3. The van der Waals surface area contributed by atoms with Gasteiger partial charge in [-0.05, 0) is 79.9 Å². The minimum atomic E-state index is -4.14. The van der Waals surface area contributed by atoms with E-state index in [-0.39, 0.29) is 22.9 Å². The van der Waals surface area contributed by atoms with Crippen molar-refractivity contribution in [2.24, 2.45) is 5.90 Å². The van der Waals surface area contributed by atoms with Crippen molar-refractivity contribution in [1.29, 1.82) is 0 Å². The van der Waals surface area contributed by atoms with E-state index in [0.717, 1.165) is 57.0 Å². The van der Waals surface area contributed by atoms with Gasteiger partial charge in [-0.25, -0.2) is 13.1 Å². The van der Waals surface area contributed by atoms with Crippen molar-refractivity contribution >= 4 is 51.2 Å². The maximum absolute atomic E-state index is 13.0. The molecule has 0 radical (unpaired) electrons. The fraction of sp³-hybridized carbons (Fsp3) is 0.460. The molecule has 4 aromatic rings. The molecule has 356 valence electrons. The molecule has 0 aliphatic rings. The van der Waals surface area contributed by atoms with Crippen LogP contribution < -0.4 is 30.7 Å². The van der Waals surface area contributed by atoms with E-state index in [1.54, 1.807) is 60.7 Å². The number of rotatable bonds is 31. The minimum Gasteiger partial charge on any atom is -0.494 e. The van der Waals surface area contributed by atoms with Crippen LogP contribution >= 0.6 is 12.0 Å². The van der Waals surface area contributed by atoms with Crippen LogP contribution in [0.1, 0.15) is 157 Å². The molecule has 4 aromatic carbocycles. The highest BCUT2D eigenvalue weighted by atomic mass is 32.2. The van der Waals surface area contributed by atoms with Crippen LogP contribution in [0.4, 0.5) is 11.4 Å². The zero-order valence-corrected chi connectivity index (χ0v) is 40.1. The van der Waals surface area contributed by atoms with Gasteiger partial charge < -0.3 is 20.1 Å². The highest BCUT2D eigenvalue weighted by molar-refractivity contribution is 7.94. The Balaban J connectivity index is 0.000000365. The number of nitrogens with one attached hydrogen (secondary N) is 3. The standard InChI is InChI=1S/C30H44N2O5S.C20H26N2O4S/c1-3-5-7-9-10-11-13-22-29(33)32-38(35,36)28-21-15-14-20-27(28)31-30(34)25-18-17-19-26(24-25)37-23-16-12-8-6-4-2;1-2-3-4-5-8-14-24-17-11-9-10-16(15-17)20(23)22-18-12-6-7-13-19(18)27-26-25-21/h14-15,17-21,24H,3-13,16,22-23H2,1-2H3,(H,31,34)(H,32,33);6-7,9-13,15H,2-5,8,14,21H2,1H3,(H,22,23). The Morgan fingerprint density at radius 3 is 1.55 bits per heavy atom. The van der Waals surface area contributed by atoms with Crippen LogP contribution in [-0.4, -0.2) is 39.4 Å². The Bertz CT molecular complexity index is 2100. The number of benzene rings is 4. The highest BCUT2D eigenvalue weighted by Crippen LogP contribution is 2.28. The van der Waals surface area contributed by atoms with E-state index in [1.807, 2.05) is 24.3 Å². The summed E-state index contributed by atoms with van der Waals surface area (Å²) in [4.78, 5) is 42.5. The summed E-state index contributed by atoms with van der Waals surface area (Å²) in [6, 6.07) is 27.3. The molecule has 0 saturated heterocycles. The van der Waals surface area contributed by atoms with Gasteiger partial charge in [-0.1, -0.05) is 147 Å². The number of carbonyl (C=O) groups is 3. The van der Waals surface area contributed by atoms with E-state index >= 15 is 0 Å². The van der Waals surface area contributed by atoms with Crippen LogP contribution in [0.2, 0.25) is 0 Å². The molecule has 5 N–H and O–H groups in total. The molecule has 3 amide bonds. The first-order valence-corrected chi connectivity index (χ1v) is 25.4. The van der Waals surface area contributed by atoms with Gasteiger partial charge in [0.25, 0.3) is 21.8 Å². The lowest BCUT2D eigenvalue weighted by molar-refractivity contribution is -0.195. The van der Waals surface area contributed by atoms with Gasteiger partial charge in [0.15, 0.2) is 0 Å². The predicted molar refractivity (Wildman–Crippen MR) is 260 cm³/mol. The summed E-state index contributed by atoms with van der Waals surface area (Å²) < 4.78 is 44.3. The number of para-hydroxylation sites is 2. The SMILES string of the molecule is CCCCCCCCCC(=O)NS(=O)(=O)c1ccccc1NC(=O)c1cccc(OCCCCCCC)c1.CCCCCCCOc1cccc(C(=O)Nc2ccccc2SOON)c1. The van der Waals surface area contributed by atoms with Gasteiger partial charge in [-0.15, -0.1) is 9.32 Å². The van der Waals surface area contributed by atoms with Gasteiger partial charge in [0.05, 0.1) is 41.5 Å². The molecule has 15 heteroatoms. The maximum Gasteiger partial charge on any atom is 0.266 e. The normalized spacial score (nSPS) is 11.0. The van der Waals surface area contributed by atoms with E-state index in [1.165, 1.54) is 69.9 Å². The lowest BCUT2D eigenvalue weighted by Gasteiger charge is -2.13. The minimum absolute atomic E-state index is 0.107. The third kappa shape index (κ3) is 22.2. The van der Waals surface area contributed by atoms with Crippen molar-refractivity contribution in [3.63, 3.8) is 0 Å². The summed E-state index contributed by atoms with van der Waals surface area (Å²) in [6.45, 7) is 7.77. The average Bonchev–Trinajstić information content (AvgIpc) is 3.31. The zero-order chi connectivity index (χ0) is 47.0. The number of sulfonamides is 1. The summed E-state index contributed by atoms with van der Waals surface area (Å²) in [7, 11) is -4.14. The third-order valence-corrected chi connectivity index (χ3v) is 12.3. The number of nitrogens with two attached hydrogens (primary N) is 1. The van der Waals surface area contributed by atoms with E-state index in [9.17, 15) is 22.8 Å². The number of hydrogen-bond donors (Lipinski definition) is 4. The van der Waals surface area contributed by atoms with Crippen molar-refractivity contribution in [2.75, 3.05) is 23.8 Å². The first-order chi connectivity index (χ1) is 31.6. The summed E-state index contributed by atoms with van der Waals surface area (Å²) in [5.41, 5.74) is 1.58. The zero-order valence-electron chi connectivity index (χ0n) is 38.4. The largest absolute Gasteiger partial charge is 0.494 e. The second kappa shape index (κ2) is 32.7. The average molecular weight is 935 g/mol. The fourth-order valence-corrected chi connectivity index (χ4v) is 8.27. The number of unbranched alkanes of at least 4 members (excludes halogenated alkanes) is 14. The molecule has 0 aromatic heterocycles. The lowest BCUT2D eigenvalue weighted by Crippen LogP contribution is -2.31. The predicted octanol–water partition coefficient (Wildman–Crippen LogP) is 12.4. The quantitative estimate of drug-likeness (QED) is 0.0163. The molecule has 0 bridgehead atoms. The number of anilines is 2. The second-order valence-electron chi connectivity index (χ2n) is 15.6. The number of carbonyl (C=O) groups excluding carboxylic acids is 3. The third-order valence-electron chi connectivity index (χ3n) is 10.2. The van der Waals surface area contributed by atoms with Gasteiger partial charge in [0.1, 0.15) is 16.4 Å². The summed E-state index contributed by atoms with van der Waals surface area (Å²) in [6.07, 6.45) is 19.0. The Kier molecular flexibility index (Phi) is 27.4. The first kappa shape index (κ1) is 54.4. The maximum atomic E-state index is 13.0. The molecule has 13 nitrogen and oxygen atoms in total. The molecule has 0 saturated carbocycles. The Hall–Kier alpha value is -4.93. The van der Waals surface area contributed by atoms with Gasteiger partial charge >= 0.3 is 0 Å². The Morgan fingerprint density at radius 1 is 0.554 bits per heavy atom. The summed E-state index contributed by atoms with van der Waals surface area (Å²) >= 11 is 0.920. The van der Waals surface area contributed by atoms with Crippen LogP contribution in [0, 0.1) is 0 Å². The van der Waals surface area contributed by atoms with Crippen LogP contribution in [0.3, 0.4) is 0 Å². The molecule has 65 heavy (non-hydrogen) atoms. The number of ether oxygens (including phenoxy) is 2. The van der Waals surface area contributed by atoms with Crippen molar-refractivity contribution in [3.05, 3.63) is 108 Å². The van der Waals surface area contributed by atoms with Crippen molar-refractivity contribution in [3.8, 4) is 11.5 Å². The monoisotopic (exact) mass is 934 g/mol. The Morgan fingerprint density at radius 2 is 1.02 bits per heavy atom. The molecule has 0 fully saturated rings. The van der Waals surface area contributed by atoms with Crippen molar-refractivity contribution < 1.29 is 41.6 Å². The topological polar surface area (TPSA) is 184 Å². The van der Waals surface area contributed by atoms with E-state index in [2.05, 4.69) is 45.4 Å². The molecule has 0 aliphatic carbocycles. The molecular formula is C50H70N4O9S2. The molecular weight excluding hydrogens is 865 g/mol. The van der Waals surface area contributed by atoms with E-state index < -0.39 is 21.8 Å². The lowest BCUT2D eigenvalue weighted by atomic mass is 10.1. The summed E-state index contributed by atoms with van der Waals surface area (Å²) in [5.74, 6) is 4.91. The highest BCUT2D eigenvalue weighted by Gasteiger charge is 2.22. The summed E-state index contributed by atoms with van der Waals surface area (Å²) in [5, 5.41) is 5.54. The van der Waals surface area contributed by atoms with Crippen LogP contribution in [-0.2, 0) is 24.1 Å². The van der Waals surface area contributed by atoms with Gasteiger partial charge in [-0.2, -0.15) is 5.90 Å². The van der Waals surface area contributed by atoms with Gasteiger partial charge in [0.2, 0.25) is 5.91 Å². The smallest absolute Gasteiger partial charge is 0.266 e. The molecule has 0 heterocycles. The Labute approximate surface area is 391 Å². The first-order valence-electron chi connectivity index (χ1n) is 23.1. The molecule has 0 atom stereocenters. The molecule has 4 rings (SSSR count). The second-order valence-corrected chi connectivity index (χ2v) is 18.0. The molecule has 0 spiro atoms. The number of hydrogen-bond acceptors (Lipinski definition) is 11. The van der Waals surface area contributed by atoms with E-state index in [4.69, 9.17) is 15.4 Å². The van der Waals surface area contributed by atoms with Crippen LogP contribution in [0.5, 0.6) is 11.5 Å². The van der Waals surface area contributed by atoms with Crippen LogP contribution in [0.25, 0.3) is 0 Å². The van der Waals surface area contributed by atoms with Gasteiger partial charge in [-0.3, -0.25) is 14.4 Å². The van der Waals surface area contributed by atoms with Gasteiger partial charge in [0, 0.05) is 17.5 Å².